The van der Waals surface area contributed by atoms with E-state index in [2.05, 4.69) is 33.5 Å². The third-order valence-electron chi connectivity index (χ3n) is 2.97. The van der Waals surface area contributed by atoms with Crippen LogP contribution in [0.2, 0.25) is 0 Å². The number of aliphatic imine (C=N–C) groups is 1. The lowest BCUT2D eigenvalue weighted by Crippen LogP contribution is -2.33. The zero-order valence-electron chi connectivity index (χ0n) is 11.9. The summed E-state index contributed by atoms with van der Waals surface area (Å²) >= 11 is 0. The minimum atomic E-state index is 0. The summed E-state index contributed by atoms with van der Waals surface area (Å²) in [6.45, 7) is 1.47. The molecule has 0 aliphatic heterocycles. The van der Waals surface area contributed by atoms with Gasteiger partial charge in [-0.3, -0.25) is 9.98 Å². The van der Waals surface area contributed by atoms with E-state index in [4.69, 9.17) is 5.73 Å². The van der Waals surface area contributed by atoms with E-state index in [1.165, 1.54) is 11.1 Å². The molecule has 0 saturated heterocycles. The molecule has 0 spiro atoms. The molecule has 0 radical (unpaired) electrons. The quantitative estimate of drug-likeness (QED) is 0.448. The van der Waals surface area contributed by atoms with Crippen LogP contribution in [-0.2, 0) is 12.8 Å². The maximum Gasteiger partial charge on any atom is 0.188 e. The Balaban J connectivity index is 0.00000220. The van der Waals surface area contributed by atoms with E-state index >= 15 is 0 Å². The molecule has 21 heavy (non-hydrogen) atoms. The van der Waals surface area contributed by atoms with E-state index in [1.54, 1.807) is 6.20 Å². The Hall–Kier alpha value is -1.63. The minimum absolute atomic E-state index is 0. The summed E-state index contributed by atoms with van der Waals surface area (Å²) in [6, 6.07) is 14.3. The topological polar surface area (TPSA) is 63.3 Å². The number of nitrogens with two attached hydrogens (primary N) is 1. The standard InChI is InChI=1S/C16H20N4.HI/c17-16(19-11-8-14-5-2-1-3-6-14)20-12-9-15-7-4-10-18-13-15;/h1-7,10,13H,8-9,11-12H2,(H3,17,19,20);1H. The Kier molecular flexibility index (Phi) is 8.42. The Morgan fingerprint density at radius 2 is 1.81 bits per heavy atom. The molecule has 0 atom stereocenters. The van der Waals surface area contributed by atoms with Gasteiger partial charge in [-0.2, -0.15) is 0 Å². The van der Waals surface area contributed by atoms with Gasteiger partial charge < -0.3 is 11.1 Å². The molecule has 0 unspecified atom stereocenters. The molecule has 2 aromatic rings. The van der Waals surface area contributed by atoms with Crippen molar-refractivity contribution in [3.8, 4) is 0 Å². The van der Waals surface area contributed by atoms with Crippen LogP contribution in [0.4, 0.5) is 0 Å². The Morgan fingerprint density at radius 3 is 2.52 bits per heavy atom. The van der Waals surface area contributed by atoms with Gasteiger partial charge >= 0.3 is 0 Å². The van der Waals surface area contributed by atoms with Crippen molar-refractivity contribution in [1.82, 2.24) is 10.3 Å². The fraction of sp³-hybridized carbons (Fsp3) is 0.250. The van der Waals surface area contributed by atoms with Crippen LogP contribution in [0.3, 0.4) is 0 Å². The number of nitrogens with zero attached hydrogens (tertiary/aromatic N) is 2. The van der Waals surface area contributed by atoms with E-state index in [-0.39, 0.29) is 24.0 Å². The van der Waals surface area contributed by atoms with Gasteiger partial charge in [0.05, 0.1) is 0 Å². The molecule has 4 nitrogen and oxygen atoms in total. The number of pyridine rings is 1. The highest BCUT2D eigenvalue weighted by molar-refractivity contribution is 14.0. The van der Waals surface area contributed by atoms with Crippen LogP contribution in [0.5, 0.6) is 0 Å². The van der Waals surface area contributed by atoms with Crippen LogP contribution in [0.25, 0.3) is 0 Å². The summed E-state index contributed by atoms with van der Waals surface area (Å²) < 4.78 is 0. The number of halogens is 1. The van der Waals surface area contributed by atoms with Gasteiger partial charge in [-0.1, -0.05) is 36.4 Å². The lowest BCUT2D eigenvalue weighted by molar-refractivity contribution is 0.840. The van der Waals surface area contributed by atoms with E-state index in [1.807, 2.05) is 30.5 Å². The van der Waals surface area contributed by atoms with Gasteiger partial charge in [0.15, 0.2) is 5.96 Å². The molecule has 3 N–H and O–H groups in total. The molecule has 5 heteroatoms. The number of hydrogen-bond donors (Lipinski definition) is 2. The van der Waals surface area contributed by atoms with Crippen LogP contribution in [0.15, 0.2) is 59.9 Å². The fourth-order valence-electron chi connectivity index (χ4n) is 1.89. The van der Waals surface area contributed by atoms with Crippen LogP contribution in [0.1, 0.15) is 11.1 Å². The van der Waals surface area contributed by atoms with Gasteiger partial charge in [0, 0.05) is 25.5 Å². The molecule has 1 aromatic heterocycles. The first-order valence-corrected chi connectivity index (χ1v) is 6.81. The first-order chi connectivity index (χ1) is 9.84. The molecule has 2 rings (SSSR count). The largest absolute Gasteiger partial charge is 0.370 e. The highest BCUT2D eigenvalue weighted by atomic mass is 127. The summed E-state index contributed by atoms with van der Waals surface area (Å²) in [5, 5.41) is 3.12. The van der Waals surface area contributed by atoms with Gasteiger partial charge in [-0.25, -0.2) is 0 Å². The fourth-order valence-corrected chi connectivity index (χ4v) is 1.89. The third kappa shape index (κ3) is 7.08. The van der Waals surface area contributed by atoms with Crippen molar-refractivity contribution in [3.05, 3.63) is 66.0 Å². The average Bonchev–Trinajstić information content (AvgIpc) is 2.49. The summed E-state index contributed by atoms with van der Waals surface area (Å²) in [5.74, 6) is 0.504. The van der Waals surface area contributed by atoms with E-state index < -0.39 is 0 Å². The Bertz CT molecular complexity index is 528. The zero-order chi connectivity index (χ0) is 14.0. The van der Waals surface area contributed by atoms with E-state index in [0.717, 1.165) is 19.4 Å². The van der Waals surface area contributed by atoms with Crippen molar-refractivity contribution in [2.75, 3.05) is 13.1 Å². The summed E-state index contributed by atoms with van der Waals surface area (Å²) in [5.41, 5.74) is 8.29. The van der Waals surface area contributed by atoms with Gasteiger partial charge in [0.2, 0.25) is 0 Å². The molecule has 0 saturated carbocycles. The first-order valence-electron chi connectivity index (χ1n) is 6.81. The van der Waals surface area contributed by atoms with Crippen LogP contribution in [0, 0.1) is 0 Å². The van der Waals surface area contributed by atoms with Crippen molar-refractivity contribution in [3.63, 3.8) is 0 Å². The minimum Gasteiger partial charge on any atom is -0.370 e. The predicted octanol–water partition coefficient (Wildman–Crippen LogP) is 2.39. The number of nitrogens with one attached hydrogen (secondary N) is 1. The van der Waals surface area contributed by atoms with Crippen molar-refractivity contribution in [2.45, 2.75) is 12.8 Å². The summed E-state index contributed by atoms with van der Waals surface area (Å²) in [6.07, 6.45) is 5.44. The summed E-state index contributed by atoms with van der Waals surface area (Å²) in [4.78, 5) is 8.39. The Morgan fingerprint density at radius 1 is 1.05 bits per heavy atom. The number of guanidine groups is 1. The SMILES string of the molecule is I.NC(=NCCc1ccccc1)NCCc1cccnc1. The highest BCUT2D eigenvalue weighted by Crippen LogP contribution is 1.99. The smallest absolute Gasteiger partial charge is 0.188 e. The monoisotopic (exact) mass is 396 g/mol. The maximum absolute atomic E-state index is 5.83. The van der Waals surface area contributed by atoms with Crippen LogP contribution in [-0.4, -0.2) is 24.0 Å². The lowest BCUT2D eigenvalue weighted by Gasteiger charge is -2.05. The first kappa shape index (κ1) is 17.4. The maximum atomic E-state index is 5.83. The van der Waals surface area contributed by atoms with Crippen LogP contribution >= 0.6 is 24.0 Å². The average molecular weight is 396 g/mol. The van der Waals surface area contributed by atoms with Crippen molar-refractivity contribution >= 4 is 29.9 Å². The summed E-state index contributed by atoms with van der Waals surface area (Å²) in [7, 11) is 0. The second-order valence-electron chi connectivity index (χ2n) is 4.54. The molecule has 0 aliphatic rings. The third-order valence-corrected chi connectivity index (χ3v) is 2.97. The number of benzene rings is 1. The Labute approximate surface area is 142 Å². The van der Waals surface area contributed by atoms with Crippen molar-refractivity contribution in [2.24, 2.45) is 10.7 Å². The van der Waals surface area contributed by atoms with Gasteiger partial charge in [-0.15, -0.1) is 24.0 Å². The van der Waals surface area contributed by atoms with Gasteiger partial charge in [-0.05, 0) is 30.0 Å². The second-order valence-corrected chi connectivity index (χ2v) is 4.54. The van der Waals surface area contributed by atoms with Crippen LogP contribution < -0.4 is 11.1 Å². The molecular formula is C16H21IN4. The molecule has 0 amide bonds. The molecule has 112 valence electrons. The normalized spacial score (nSPS) is 10.8. The number of aromatic nitrogens is 1. The van der Waals surface area contributed by atoms with Gasteiger partial charge in [0.1, 0.15) is 0 Å². The molecule has 0 aliphatic carbocycles. The van der Waals surface area contributed by atoms with Crippen molar-refractivity contribution in [1.29, 1.82) is 0 Å². The highest BCUT2D eigenvalue weighted by Gasteiger charge is 1.95. The molecule has 0 fully saturated rings. The van der Waals surface area contributed by atoms with Crippen molar-refractivity contribution < 1.29 is 0 Å². The van der Waals surface area contributed by atoms with E-state index in [0.29, 0.717) is 12.5 Å². The number of hydrogen-bond acceptors (Lipinski definition) is 2. The molecule has 0 bridgehead atoms. The number of rotatable bonds is 6. The molecule has 1 heterocycles. The predicted molar refractivity (Wildman–Crippen MR) is 98.0 cm³/mol. The second kappa shape index (κ2) is 10.1. The zero-order valence-corrected chi connectivity index (χ0v) is 14.2. The molecular weight excluding hydrogens is 375 g/mol. The van der Waals surface area contributed by atoms with Gasteiger partial charge in [0.25, 0.3) is 0 Å². The van der Waals surface area contributed by atoms with E-state index in [9.17, 15) is 0 Å². The lowest BCUT2D eigenvalue weighted by atomic mass is 10.2. The molecule has 1 aromatic carbocycles.